The molecule has 14 heavy (non-hydrogen) atoms. The standard InChI is InChI=1S/C11H21NO2/c1-8-3-5-10(7-8)12-9(2)4-6-11(13)14/h8-10,12H,3-7H2,1-2H3,(H,13,14). The summed E-state index contributed by atoms with van der Waals surface area (Å²) in [6, 6.07) is 0.954. The fourth-order valence-electron chi connectivity index (χ4n) is 2.18. The predicted molar refractivity (Wildman–Crippen MR) is 56.3 cm³/mol. The first kappa shape index (κ1) is 11.5. The van der Waals surface area contributed by atoms with E-state index in [1.54, 1.807) is 0 Å². The van der Waals surface area contributed by atoms with E-state index in [0.29, 0.717) is 12.1 Å². The molecular weight excluding hydrogens is 178 g/mol. The van der Waals surface area contributed by atoms with E-state index in [-0.39, 0.29) is 6.42 Å². The van der Waals surface area contributed by atoms with Crippen LogP contribution in [0.4, 0.5) is 0 Å². The highest BCUT2D eigenvalue weighted by Gasteiger charge is 2.22. The van der Waals surface area contributed by atoms with Gasteiger partial charge in [0.05, 0.1) is 0 Å². The number of carboxylic acid groups (broad SMARTS) is 1. The fourth-order valence-corrected chi connectivity index (χ4v) is 2.18. The molecule has 0 aliphatic heterocycles. The summed E-state index contributed by atoms with van der Waals surface area (Å²) in [4.78, 5) is 10.4. The van der Waals surface area contributed by atoms with E-state index in [0.717, 1.165) is 12.3 Å². The van der Waals surface area contributed by atoms with Crippen molar-refractivity contribution >= 4 is 5.97 Å². The zero-order valence-electron chi connectivity index (χ0n) is 9.12. The molecule has 1 fully saturated rings. The van der Waals surface area contributed by atoms with Crippen LogP contribution in [0.25, 0.3) is 0 Å². The van der Waals surface area contributed by atoms with E-state index in [2.05, 4.69) is 19.2 Å². The van der Waals surface area contributed by atoms with Gasteiger partial charge in [0.15, 0.2) is 0 Å². The predicted octanol–water partition coefficient (Wildman–Crippen LogP) is 2.02. The van der Waals surface area contributed by atoms with Gasteiger partial charge in [-0.3, -0.25) is 4.79 Å². The van der Waals surface area contributed by atoms with Crippen LogP contribution >= 0.6 is 0 Å². The molecule has 0 spiro atoms. The van der Waals surface area contributed by atoms with Crippen LogP contribution in [-0.2, 0) is 4.79 Å². The smallest absolute Gasteiger partial charge is 0.303 e. The van der Waals surface area contributed by atoms with Crippen LogP contribution in [0.3, 0.4) is 0 Å². The van der Waals surface area contributed by atoms with Crippen LogP contribution in [0.2, 0.25) is 0 Å². The first-order valence-electron chi connectivity index (χ1n) is 5.55. The van der Waals surface area contributed by atoms with Crippen molar-refractivity contribution in [3.05, 3.63) is 0 Å². The molecule has 82 valence electrons. The van der Waals surface area contributed by atoms with Crippen molar-refractivity contribution in [3.63, 3.8) is 0 Å². The molecule has 3 heteroatoms. The van der Waals surface area contributed by atoms with Gasteiger partial charge in [-0.05, 0) is 38.5 Å². The Morgan fingerprint density at radius 1 is 1.57 bits per heavy atom. The molecule has 3 unspecified atom stereocenters. The minimum absolute atomic E-state index is 0.274. The van der Waals surface area contributed by atoms with Crippen LogP contribution in [0, 0.1) is 5.92 Å². The minimum atomic E-state index is -0.696. The molecule has 3 nitrogen and oxygen atoms in total. The highest BCUT2D eigenvalue weighted by molar-refractivity contribution is 5.66. The van der Waals surface area contributed by atoms with Gasteiger partial charge in [0.25, 0.3) is 0 Å². The van der Waals surface area contributed by atoms with E-state index < -0.39 is 5.97 Å². The Labute approximate surface area is 85.9 Å². The average molecular weight is 199 g/mol. The number of hydrogen-bond acceptors (Lipinski definition) is 2. The molecule has 3 atom stereocenters. The topological polar surface area (TPSA) is 49.3 Å². The second-order valence-corrected chi connectivity index (χ2v) is 4.62. The minimum Gasteiger partial charge on any atom is -0.481 e. The van der Waals surface area contributed by atoms with E-state index in [1.165, 1.54) is 19.3 Å². The van der Waals surface area contributed by atoms with Crippen molar-refractivity contribution in [1.29, 1.82) is 0 Å². The van der Waals surface area contributed by atoms with E-state index >= 15 is 0 Å². The van der Waals surface area contributed by atoms with Gasteiger partial charge < -0.3 is 10.4 Å². The Bertz CT molecular complexity index is 194. The van der Waals surface area contributed by atoms with Gasteiger partial charge in [-0.2, -0.15) is 0 Å². The molecule has 0 aromatic heterocycles. The highest BCUT2D eigenvalue weighted by Crippen LogP contribution is 2.25. The Hall–Kier alpha value is -0.570. The summed E-state index contributed by atoms with van der Waals surface area (Å²) in [5.41, 5.74) is 0. The van der Waals surface area contributed by atoms with Crippen molar-refractivity contribution in [2.24, 2.45) is 5.92 Å². The summed E-state index contributed by atoms with van der Waals surface area (Å²) in [5.74, 6) is 0.137. The Balaban J connectivity index is 2.13. The second kappa shape index (κ2) is 5.35. The van der Waals surface area contributed by atoms with Crippen molar-refractivity contribution < 1.29 is 9.90 Å². The van der Waals surface area contributed by atoms with Crippen molar-refractivity contribution in [1.82, 2.24) is 5.32 Å². The van der Waals surface area contributed by atoms with Gasteiger partial charge in [-0.25, -0.2) is 0 Å². The SMILES string of the molecule is CC1CCC(NC(C)CCC(=O)O)C1. The summed E-state index contributed by atoms with van der Waals surface area (Å²) in [6.45, 7) is 4.36. The van der Waals surface area contributed by atoms with Gasteiger partial charge in [0.2, 0.25) is 0 Å². The molecule has 0 heterocycles. The fraction of sp³-hybridized carbons (Fsp3) is 0.909. The third-order valence-electron chi connectivity index (χ3n) is 3.01. The summed E-state index contributed by atoms with van der Waals surface area (Å²) < 4.78 is 0. The number of nitrogens with one attached hydrogen (secondary N) is 1. The maximum Gasteiger partial charge on any atom is 0.303 e. The molecule has 1 aliphatic rings. The van der Waals surface area contributed by atoms with Crippen molar-refractivity contribution in [3.8, 4) is 0 Å². The quantitative estimate of drug-likeness (QED) is 0.712. The molecule has 0 radical (unpaired) electrons. The van der Waals surface area contributed by atoms with Crippen LogP contribution in [-0.4, -0.2) is 23.2 Å². The van der Waals surface area contributed by atoms with Crippen LogP contribution in [0.5, 0.6) is 0 Å². The van der Waals surface area contributed by atoms with Crippen LogP contribution < -0.4 is 5.32 Å². The number of aliphatic carboxylic acids is 1. The van der Waals surface area contributed by atoms with Crippen LogP contribution in [0.1, 0.15) is 46.0 Å². The second-order valence-electron chi connectivity index (χ2n) is 4.62. The summed E-state index contributed by atoms with van der Waals surface area (Å²) in [6.07, 6.45) is 4.82. The van der Waals surface area contributed by atoms with E-state index in [1.807, 2.05) is 0 Å². The molecule has 0 bridgehead atoms. The van der Waals surface area contributed by atoms with E-state index in [4.69, 9.17) is 5.11 Å². The Morgan fingerprint density at radius 2 is 2.29 bits per heavy atom. The van der Waals surface area contributed by atoms with Crippen LogP contribution in [0.15, 0.2) is 0 Å². The average Bonchev–Trinajstić information content (AvgIpc) is 2.48. The molecule has 0 aromatic carbocycles. The Morgan fingerprint density at radius 3 is 2.79 bits per heavy atom. The van der Waals surface area contributed by atoms with Crippen molar-refractivity contribution in [2.75, 3.05) is 0 Å². The molecule has 1 saturated carbocycles. The summed E-state index contributed by atoms with van der Waals surface area (Å²) >= 11 is 0. The maximum absolute atomic E-state index is 10.4. The largest absolute Gasteiger partial charge is 0.481 e. The molecule has 1 aliphatic carbocycles. The molecule has 0 amide bonds. The van der Waals surface area contributed by atoms with E-state index in [9.17, 15) is 4.79 Å². The lowest BCUT2D eigenvalue weighted by atomic mass is 10.1. The molecular formula is C11H21NO2. The molecule has 1 rings (SSSR count). The molecule has 0 aromatic rings. The van der Waals surface area contributed by atoms with Gasteiger partial charge in [-0.15, -0.1) is 0 Å². The number of carboxylic acids is 1. The maximum atomic E-state index is 10.4. The summed E-state index contributed by atoms with van der Waals surface area (Å²) in [5, 5.41) is 12.0. The molecule has 2 N–H and O–H groups in total. The number of carbonyl (C=O) groups is 1. The van der Waals surface area contributed by atoms with Gasteiger partial charge in [-0.1, -0.05) is 6.92 Å². The molecule has 0 saturated heterocycles. The zero-order valence-corrected chi connectivity index (χ0v) is 9.12. The lowest BCUT2D eigenvalue weighted by molar-refractivity contribution is -0.137. The first-order valence-corrected chi connectivity index (χ1v) is 5.55. The monoisotopic (exact) mass is 199 g/mol. The Kier molecular flexibility index (Phi) is 4.39. The lowest BCUT2D eigenvalue weighted by Crippen LogP contribution is -2.35. The van der Waals surface area contributed by atoms with Gasteiger partial charge in [0, 0.05) is 18.5 Å². The van der Waals surface area contributed by atoms with Gasteiger partial charge in [0.1, 0.15) is 0 Å². The third-order valence-corrected chi connectivity index (χ3v) is 3.01. The number of hydrogen-bond donors (Lipinski definition) is 2. The normalized spacial score (nSPS) is 29.0. The highest BCUT2D eigenvalue weighted by atomic mass is 16.4. The first-order chi connectivity index (χ1) is 6.58. The third kappa shape index (κ3) is 4.09. The summed E-state index contributed by atoms with van der Waals surface area (Å²) in [7, 11) is 0. The van der Waals surface area contributed by atoms with Gasteiger partial charge >= 0.3 is 5.97 Å². The number of rotatable bonds is 5. The van der Waals surface area contributed by atoms with Crippen molar-refractivity contribution in [2.45, 2.75) is 58.0 Å². The lowest BCUT2D eigenvalue weighted by Gasteiger charge is -2.18. The zero-order chi connectivity index (χ0) is 10.6.